The van der Waals surface area contributed by atoms with Gasteiger partial charge in [0, 0.05) is 29.6 Å². The number of carbonyl (C=O) groups is 1. The standard InChI is InChI=1S/C27H28ClN5O3S/c1-29-23-9-6-18(16-21(23)28)33-26(17-4-2-3-5-17)20-8-10-22-19(25(20)31-33)7-11-24(30-22)27(34)32-12-14-37(35,36)15-13-32/h6-7,9,11,16-17,20,26H,2-5,8,10,12-15H2. The number of nitrogens with zero attached hydrogens (tertiary/aromatic N) is 5. The lowest BCUT2D eigenvalue weighted by Gasteiger charge is -2.34. The molecule has 37 heavy (non-hydrogen) atoms. The summed E-state index contributed by atoms with van der Waals surface area (Å²) in [5.74, 6) is 0.595. The lowest BCUT2D eigenvalue weighted by molar-refractivity contribution is 0.0764. The summed E-state index contributed by atoms with van der Waals surface area (Å²) in [6.45, 7) is 7.74. The van der Waals surface area contributed by atoms with Crippen molar-refractivity contribution in [3.05, 3.63) is 63.7 Å². The van der Waals surface area contributed by atoms with Crippen molar-refractivity contribution in [3.63, 3.8) is 0 Å². The summed E-state index contributed by atoms with van der Waals surface area (Å²) in [6, 6.07) is 9.49. The molecule has 1 aromatic heterocycles. The minimum atomic E-state index is -3.06. The van der Waals surface area contributed by atoms with E-state index in [1.807, 2.05) is 18.2 Å². The molecule has 0 bridgehead atoms. The van der Waals surface area contributed by atoms with E-state index in [0.29, 0.717) is 22.3 Å². The van der Waals surface area contributed by atoms with Gasteiger partial charge in [-0.3, -0.25) is 9.80 Å². The summed E-state index contributed by atoms with van der Waals surface area (Å²) >= 11 is 6.41. The van der Waals surface area contributed by atoms with Crippen LogP contribution in [-0.2, 0) is 16.3 Å². The number of hydrazone groups is 1. The Bertz CT molecular complexity index is 1430. The predicted octanol–water partition coefficient (Wildman–Crippen LogP) is 4.50. The average molecular weight is 538 g/mol. The molecule has 2 aliphatic heterocycles. The normalized spacial score (nSPS) is 24.8. The molecule has 1 saturated heterocycles. The number of halogens is 1. The van der Waals surface area contributed by atoms with Crippen molar-refractivity contribution in [3.8, 4) is 0 Å². The van der Waals surface area contributed by atoms with Crippen molar-refractivity contribution < 1.29 is 13.2 Å². The van der Waals surface area contributed by atoms with E-state index in [4.69, 9.17) is 28.3 Å². The summed E-state index contributed by atoms with van der Waals surface area (Å²) in [5.41, 5.74) is 4.57. The van der Waals surface area contributed by atoms with Crippen LogP contribution < -0.4 is 5.01 Å². The molecule has 10 heteroatoms. The van der Waals surface area contributed by atoms with E-state index in [2.05, 4.69) is 9.85 Å². The van der Waals surface area contributed by atoms with Crippen molar-refractivity contribution in [2.24, 2.45) is 16.9 Å². The third kappa shape index (κ3) is 4.40. The Morgan fingerprint density at radius 1 is 1.08 bits per heavy atom. The predicted molar refractivity (Wildman–Crippen MR) is 143 cm³/mol. The molecule has 8 nitrogen and oxygen atoms in total. The van der Waals surface area contributed by atoms with Gasteiger partial charge in [0.15, 0.2) is 9.84 Å². The maximum atomic E-state index is 13.1. The third-order valence-electron chi connectivity index (χ3n) is 8.25. The molecule has 3 heterocycles. The van der Waals surface area contributed by atoms with Crippen molar-refractivity contribution >= 4 is 44.4 Å². The number of rotatable bonds is 3. The van der Waals surface area contributed by atoms with E-state index in [1.54, 1.807) is 17.0 Å². The maximum absolute atomic E-state index is 13.1. The first-order valence-electron chi connectivity index (χ1n) is 12.9. The first-order chi connectivity index (χ1) is 17.8. The third-order valence-corrected chi connectivity index (χ3v) is 10.2. The number of sulfone groups is 1. The molecular weight excluding hydrogens is 510 g/mol. The van der Waals surface area contributed by atoms with Crippen LogP contribution in [0.4, 0.5) is 11.4 Å². The maximum Gasteiger partial charge on any atom is 0.272 e. The van der Waals surface area contributed by atoms with E-state index in [0.717, 1.165) is 35.5 Å². The summed E-state index contributed by atoms with van der Waals surface area (Å²) in [5, 5.41) is 7.69. The van der Waals surface area contributed by atoms with Gasteiger partial charge >= 0.3 is 0 Å². The minimum absolute atomic E-state index is 0.00143. The lowest BCUT2D eigenvalue weighted by Crippen LogP contribution is -2.44. The van der Waals surface area contributed by atoms with Crippen molar-refractivity contribution in [1.82, 2.24) is 9.88 Å². The highest BCUT2D eigenvalue weighted by Crippen LogP contribution is 2.45. The fraction of sp³-hybridized carbons (Fsp3) is 0.481. The fourth-order valence-electron chi connectivity index (χ4n) is 6.35. The Hall–Kier alpha value is -2.96. The number of hydrogen-bond donors (Lipinski definition) is 0. The number of aromatic nitrogens is 1. The molecule has 2 aliphatic carbocycles. The van der Waals surface area contributed by atoms with Crippen molar-refractivity contribution in [2.45, 2.75) is 44.6 Å². The van der Waals surface area contributed by atoms with E-state index in [-0.39, 0.29) is 42.5 Å². The smallest absolute Gasteiger partial charge is 0.272 e. The number of carbonyl (C=O) groups excluding carboxylic acids is 1. The Labute approximate surface area is 222 Å². The van der Waals surface area contributed by atoms with Gasteiger partial charge in [-0.25, -0.2) is 18.2 Å². The van der Waals surface area contributed by atoms with Gasteiger partial charge in [-0.15, -0.1) is 0 Å². The summed E-state index contributed by atoms with van der Waals surface area (Å²) in [7, 11) is -3.06. The van der Waals surface area contributed by atoms with Gasteiger partial charge < -0.3 is 4.90 Å². The molecule has 1 saturated carbocycles. The fourth-order valence-corrected chi connectivity index (χ4v) is 7.77. The number of fused-ring (bicyclic) bond motifs is 3. The van der Waals surface area contributed by atoms with Crippen LogP contribution in [0.25, 0.3) is 4.85 Å². The molecule has 0 radical (unpaired) electrons. The molecule has 0 spiro atoms. The van der Waals surface area contributed by atoms with Gasteiger partial charge in [-0.05, 0) is 55.9 Å². The topological polar surface area (TPSA) is 87.3 Å². The van der Waals surface area contributed by atoms with E-state index in [1.165, 1.54) is 25.7 Å². The Morgan fingerprint density at radius 2 is 1.84 bits per heavy atom. The molecule has 1 amide bonds. The second-order valence-corrected chi connectivity index (χ2v) is 13.1. The number of pyridine rings is 1. The zero-order valence-corrected chi connectivity index (χ0v) is 22.0. The quantitative estimate of drug-likeness (QED) is 0.538. The zero-order valence-electron chi connectivity index (χ0n) is 20.4. The van der Waals surface area contributed by atoms with Crippen LogP contribution in [0.1, 0.15) is 53.8 Å². The largest absolute Gasteiger partial charge is 0.335 e. The molecule has 2 aromatic rings. The van der Waals surface area contributed by atoms with E-state index < -0.39 is 9.84 Å². The molecule has 0 N–H and O–H groups in total. The molecular formula is C27H28ClN5O3S. The summed E-state index contributed by atoms with van der Waals surface area (Å²) in [4.78, 5) is 22.9. The van der Waals surface area contributed by atoms with Crippen molar-refractivity contribution in [2.75, 3.05) is 29.6 Å². The van der Waals surface area contributed by atoms with Gasteiger partial charge in [-0.1, -0.05) is 30.5 Å². The zero-order chi connectivity index (χ0) is 25.7. The van der Waals surface area contributed by atoms with Crippen molar-refractivity contribution in [1.29, 1.82) is 0 Å². The highest BCUT2D eigenvalue weighted by atomic mass is 35.5. The number of amides is 1. The molecule has 2 fully saturated rings. The van der Waals surface area contributed by atoms with Crippen LogP contribution in [0.15, 0.2) is 35.4 Å². The second-order valence-electron chi connectivity index (χ2n) is 10.4. The summed E-state index contributed by atoms with van der Waals surface area (Å²) in [6.07, 6.45) is 6.50. The van der Waals surface area contributed by atoms with E-state index in [9.17, 15) is 13.2 Å². The molecule has 4 aliphatic rings. The number of benzene rings is 1. The van der Waals surface area contributed by atoms with Crippen LogP contribution in [0.3, 0.4) is 0 Å². The number of hydrogen-bond acceptors (Lipinski definition) is 6. The minimum Gasteiger partial charge on any atom is -0.335 e. The first-order valence-corrected chi connectivity index (χ1v) is 15.1. The van der Waals surface area contributed by atoms with Crippen LogP contribution in [0, 0.1) is 18.4 Å². The van der Waals surface area contributed by atoms with Crippen LogP contribution in [-0.4, -0.2) is 60.6 Å². The van der Waals surface area contributed by atoms with Gasteiger partial charge in [0.25, 0.3) is 5.91 Å². The molecule has 6 rings (SSSR count). The lowest BCUT2D eigenvalue weighted by atomic mass is 9.76. The highest BCUT2D eigenvalue weighted by Gasteiger charge is 2.46. The van der Waals surface area contributed by atoms with Gasteiger partial charge in [0.05, 0.1) is 41.2 Å². The van der Waals surface area contributed by atoms with Crippen LogP contribution >= 0.6 is 11.6 Å². The van der Waals surface area contributed by atoms with Gasteiger partial charge in [0.1, 0.15) is 5.69 Å². The highest BCUT2D eigenvalue weighted by molar-refractivity contribution is 7.91. The Balaban J connectivity index is 1.32. The second kappa shape index (κ2) is 9.41. The van der Waals surface area contributed by atoms with Gasteiger partial charge in [-0.2, -0.15) is 5.10 Å². The van der Waals surface area contributed by atoms with E-state index >= 15 is 0 Å². The molecule has 2 atom stereocenters. The molecule has 192 valence electrons. The van der Waals surface area contributed by atoms with Gasteiger partial charge in [0.2, 0.25) is 5.69 Å². The Morgan fingerprint density at radius 3 is 2.54 bits per heavy atom. The van der Waals surface area contributed by atoms with Crippen LogP contribution in [0.5, 0.6) is 0 Å². The monoisotopic (exact) mass is 537 g/mol. The van der Waals surface area contributed by atoms with Crippen LogP contribution in [0.2, 0.25) is 5.02 Å². The first kappa shape index (κ1) is 24.4. The Kier molecular flexibility index (Phi) is 6.20. The SMILES string of the molecule is [C-]#[N+]c1ccc(N2N=C3c4ccc(C(=O)N5CCS(=O)(=O)CC5)nc4CCC3C2C2CCCC2)cc1Cl. The number of anilines is 1. The molecule has 1 aromatic carbocycles. The number of aryl methyl sites for hydroxylation is 1. The molecule has 2 unspecified atom stereocenters. The average Bonchev–Trinajstić information content (AvgIpc) is 3.56. The summed E-state index contributed by atoms with van der Waals surface area (Å²) < 4.78 is 23.5.